The van der Waals surface area contributed by atoms with Crippen LogP contribution in [0.25, 0.3) is 0 Å². The summed E-state index contributed by atoms with van der Waals surface area (Å²) in [7, 11) is 7.50. The van der Waals surface area contributed by atoms with Crippen molar-refractivity contribution < 1.29 is 0 Å². The number of nitrogens with one attached hydrogen (secondary N) is 2. The van der Waals surface area contributed by atoms with Crippen molar-refractivity contribution in [1.29, 1.82) is 0 Å². The third-order valence-corrected chi connectivity index (χ3v) is 0. The smallest absolute Gasteiger partial charge is 0 e. The molecule has 0 aliphatic rings. The van der Waals surface area contributed by atoms with Gasteiger partial charge in [0.2, 0.25) is 0 Å². The van der Waals surface area contributed by atoms with Crippen LogP contribution in [0.3, 0.4) is 0 Å². The second kappa shape index (κ2) is 29.7. The first-order valence-corrected chi connectivity index (χ1v) is 2.00. The summed E-state index contributed by atoms with van der Waals surface area (Å²) < 4.78 is 0. The number of hydrogen-bond donors (Lipinski definition) is 2. The Hall–Kier alpha value is 0.719. The maximum Gasteiger partial charge on any atom is 0 e. The van der Waals surface area contributed by atoms with Gasteiger partial charge in [0.25, 0.3) is 0 Å². The van der Waals surface area contributed by atoms with Crippen molar-refractivity contribution in [3.63, 3.8) is 0 Å². The fraction of sp³-hybridized carbons (Fsp3) is 1.00. The molecule has 0 fully saturated rings. The van der Waals surface area contributed by atoms with Crippen LogP contribution in [-0.4, -0.2) is 52.1 Å². The molecule has 0 aliphatic heterocycles. The molecule has 0 aromatic heterocycles. The van der Waals surface area contributed by atoms with Crippen molar-refractivity contribution in [2.75, 3.05) is 28.2 Å². The van der Waals surface area contributed by atoms with Gasteiger partial charge in [-0.15, -0.1) is 0 Å². The molecule has 0 aromatic carbocycles. The van der Waals surface area contributed by atoms with Gasteiger partial charge in [-0.3, -0.25) is 0 Å². The standard InChI is InChI=1S/2C2H7N.Sn/c2*1-3-2;/h2*3H,1-2H3;. The molecule has 0 bridgehead atoms. The van der Waals surface area contributed by atoms with Gasteiger partial charge in [0, 0.05) is 23.9 Å². The van der Waals surface area contributed by atoms with Gasteiger partial charge in [-0.1, -0.05) is 0 Å². The zero-order valence-corrected chi connectivity index (χ0v) is 8.35. The fourth-order valence-electron chi connectivity index (χ4n) is 0. The molecule has 2 nitrogen and oxygen atoms in total. The molecular formula is C4H14N2Sn. The van der Waals surface area contributed by atoms with Gasteiger partial charge in [-0.05, 0) is 28.2 Å². The first kappa shape index (κ1) is 15.6. The minimum absolute atomic E-state index is 0. The molecule has 0 atom stereocenters. The van der Waals surface area contributed by atoms with Crippen molar-refractivity contribution in [1.82, 2.24) is 10.6 Å². The minimum atomic E-state index is 0. The van der Waals surface area contributed by atoms with Crippen molar-refractivity contribution in [3.8, 4) is 0 Å². The molecule has 0 saturated heterocycles. The zero-order valence-electron chi connectivity index (χ0n) is 5.50. The van der Waals surface area contributed by atoms with Crippen LogP contribution in [0.15, 0.2) is 0 Å². The number of rotatable bonds is 0. The Morgan fingerprint density at radius 2 is 0.714 bits per heavy atom. The topological polar surface area (TPSA) is 24.1 Å². The maximum absolute atomic E-state index is 2.75. The Bertz CT molecular complexity index is 11.7. The molecule has 0 spiro atoms. The van der Waals surface area contributed by atoms with Gasteiger partial charge in [-0.25, -0.2) is 0 Å². The van der Waals surface area contributed by atoms with Gasteiger partial charge in [-0.2, -0.15) is 0 Å². The predicted octanol–water partition coefficient (Wildman–Crippen LogP) is -0.710. The number of hydrogen-bond acceptors (Lipinski definition) is 2. The van der Waals surface area contributed by atoms with E-state index in [0.717, 1.165) is 0 Å². The van der Waals surface area contributed by atoms with Crippen molar-refractivity contribution in [3.05, 3.63) is 0 Å². The van der Waals surface area contributed by atoms with Gasteiger partial charge in [0.15, 0.2) is 0 Å². The summed E-state index contributed by atoms with van der Waals surface area (Å²) in [5.41, 5.74) is 0. The van der Waals surface area contributed by atoms with E-state index in [9.17, 15) is 0 Å². The van der Waals surface area contributed by atoms with Gasteiger partial charge >= 0.3 is 0 Å². The van der Waals surface area contributed by atoms with Crippen LogP contribution >= 0.6 is 0 Å². The molecule has 0 heterocycles. The fourth-order valence-corrected chi connectivity index (χ4v) is 0. The molecule has 2 N–H and O–H groups in total. The normalized spacial score (nSPS) is 5.14. The molecule has 0 rings (SSSR count). The van der Waals surface area contributed by atoms with Gasteiger partial charge < -0.3 is 10.6 Å². The third kappa shape index (κ3) is 290. The molecule has 4 radical (unpaired) electrons. The predicted molar refractivity (Wildman–Crippen MR) is 35.7 cm³/mol. The summed E-state index contributed by atoms with van der Waals surface area (Å²) in [5.74, 6) is 0. The van der Waals surface area contributed by atoms with E-state index in [1.807, 2.05) is 28.2 Å². The van der Waals surface area contributed by atoms with E-state index in [0.29, 0.717) is 0 Å². The Morgan fingerprint density at radius 1 is 0.714 bits per heavy atom. The maximum atomic E-state index is 2.75. The molecule has 7 heavy (non-hydrogen) atoms. The molecule has 0 aromatic rings. The Morgan fingerprint density at radius 3 is 0.714 bits per heavy atom. The first-order chi connectivity index (χ1) is 2.83. The average molecular weight is 209 g/mol. The van der Waals surface area contributed by atoms with E-state index in [1.54, 1.807) is 0 Å². The van der Waals surface area contributed by atoms with E-state index in [-0.39, 0.29) is 23.9 Å². The second-order valence-electron chi connectivity index (χ2n) is 1.00. The van der Waals surface area contributed by atoms with Gasteiger partial charge in [0.1, 0.15) is 0 Å². The summed E-state index contributed by atoms with van der Waals surface area (Å²) in [6, 6.07) is 0. The average Bonchev–Trinajstić information content (AvgIpc) is 1.39. The van der Waals surface area contributed by atoms with Crippen molar-refractivity contribution in [2.24, 2.45) is 0 Å². The molecule has 44 valence electrons. The summed E-state index contributed by atoms with van der Waals surface area (Å²) in [6.07, 6.45) is 0. The summed E-state index contributed by atoms with van der Waals surface area (Å²) in [4.78, 5) is 0. The summed E-state index contributed by atoms with van der Waals surface area (Å²) >= 11 is 0. The molecular weight excluding hydrogens is 195 g/mol. The molecule has 0 aliphatic carbocycles. The Kier molecular flexibility index (Phi) is 66.5. The van der Waals surface area contributed by atoms with E-state index in [1.165, 1.54) is 0 Å². The van der Waals surface area contributed by atoms with E-state index >= 15 is 0 Å². The third-order valence-electron chi connectivity index (χ3n) is 0. The largest absolute Gasteiger partial charge is 0.323 e. The van der Waals surface area contributed by atoms with Crippen molar-refractivity contribution >= 4 is 23.9 Å². The Balaban J connectivity index is -0.0000000400. The monoisotopic (exact) mass is 210 g/mol. The van der Waals surface area contributed by atoms with E-state index < -0.39 is 0 Å². The van der Waals surface area contributed by atoms with Crippen molar-refractivity contribution in [2.45, 2.75) is 0 Å². The van der Waals surface area contributed by atoms with Crippen LogP contribution < -0.4 is 10.6 Å². The molecule has 0 unspecified atom stereocenters. The van der Waals surface area contributed by atoms with Crippen LogP contribution in [0.1, 0.15) is 0 Å². The zero-order chi connectivity index (χ0) is 5.41. The minimum Gasteiger partial charge on any atom is -0.323 e. The molecule has 3 heteroatoms. The first-order valence-electron chi connectivity index (χ1n) is 2.00. The summed E-state index contributed by atoms with van der Waals surface area (Å²) in [6.45, 7) is 0. The quantitative estimate of drug-likeness (QED) is 0.515. The van der Waals surface area contributed by atoms with E-state index in [4.69, 9.17) is 0 Å². The SMILES string of the molecule is CNC.CNC.[Sn]. The summed E-state index contributed by atoms with van der Waals surface area (Å²) in [5, 5.41) is 5.50. The van der Waals surface area contributed by atoms with Crippen LogP contribution in [0, 0.1) is 0 Å². The van der Waals surface area contributed by atoms with Crippen LogP contribution in [0.4, 0.5) is 0 Å². The van der Waals surface area contributed by atoms with Crippen LogP contribution in [-0.2, 0) is 0 Å². The Labute approximate surface area is 63.0 Å². The molecule has 0 saturated carbocycles. The van der Waals surface area contributed by atoms with Crippen LogP contribution in [0.5, 0.6) is 0 Å². The second-order valence-corrected chi connectivity index (χ2v) is 1.00. The van der Waals surface area contributed by atoms with Gasteiger partial charge in [0.05, 0.1) is 0 Å². The molecule has 0 amide bonds. The van der Waals surface area contributed by atoms with Crippen LogP contribution in [0.2, 0.25) is 0 Å². The van der Waals surface area contributed by atoms with E-state index in [2.05, 4.69) is 10.6 Å².